The van der Waals surface area contributed by atoms with Crippen molar-refractivity contribution in [3.05, 3.63) is 0 Å². The van der Waals surface area contributed by atoms with E-state index in [1.165, 1.54) is 7.05 Å². The first-order valence-electron chi connectivity index (χ1n) is 26.8. The summed E-state index contributed by atoms with van der Waals surface area (Å²) in [5, 5.41) is 56.2. The van der Waals surface area contributed by atoms with Crippen LogP contribution in [0.25, 0.3) is 0 Å². The van der Waals surface area contributed by atoms with E-state index in [4.69, 9.17) is 17.9 Å². The molecule has 0 aromatic carbocycles. The van der Waals surface area contributed by atoms with Gasteiger partial charge in [0.25, 0.3) is 5.91 Å². The average Bonchev–Trinajstić information content (AvgIpc) is 3.35. The number of terminal acetylenes is 1. The SMILES string of the molecule is C#C[C@H](NC(=O)[C@H](CC(=O)O)NC(=O)[C@H](CCCCCCCC)NC(=O)[C@H](CC(=O)O)NC(=O)[C@H](CC(C)C)N(C)C(=O)[C@H](CCO)NC(=O)[C@H](CC(C)C)NC(=O)[C@H](CO)NC(=O)[C@@H](N)CCCCCCCC)C(N)=O. The molecule has 0 heterocycles. The molecular weight excluding hydrogens is 1000 g/mol. The zero-order valence-corrected chi connectivity index (χ0v) is 46.2. The van der Waals surface area contributed by atoms with Crippen LogP contribution < -0.4 is 48.7 Å². The van der Waals surface area contributed by atoms with E-state index in [1.807, 2.05) is 12.8 Å². The fraction of sp³-hybridized carbons (Fsp3) is 0.750. The van der Waals surface area contributed by atoms with E-state index in [-0.39, 0.29) is 37.5 Å². The molecule has 0 aliphatic carbocycles. The van der Waals surface area contributed by atoms with Crippen LogP contribution in [0.4, 0.5) is 0 Å². The molecule has 0 saturated carbocycles. The van der Waals surface area contributed by atoms with Gasteiger partial charge in [-0.1, -0.05) is 125 Å². The Hall–Kier alpha value is -6.39. The van der Waals surface area contributed by atoms with Crippen molar-refractivity contribution >= 4 is 65.1 Å². The van der Waals surface area contributed by atoms with Crippen LogP contribution in [0.3, 0.4) is 0 Å². The summed E-state index contributed by atoms with van der Waals surface area (Å²) in [6.07, 6.45) is 13.3. The Morgan fingerprint density at radius 2 is 0.909 bits per heavy atom. The van der Waals surface area contributed by atoms with Gasteiger partial charge in [0.1, 0.15) is 42.3 Å². The lowest BCUT2D eigenvalue weighted by Crippen LogP contribution is -2.61. The molecule has 0 fully saturated rings. The van der Waals surface area contributed by atoms with Crippen LogP contribution in [0.15, 0.2) is 0 Å². The van der Waals surface area contributed by atoms with Crippen LogP contribution in [0.5, 0.6) is 0 Å². The first-order chi connectivity index (χ1) is 36.3. The maximum absolute atomic E-state index is 14.3. The Bertz CT molecular complexity index is 1960. The number of aliphatic hydroxyl groups is 2. The van der Waals surface area contributed by atoms with E-state index >= 15 is 0 Å². The number of aliphatic carboxylic acids is 2. The summed E-state index contributed by atoms with van der Waals surface area (Å²) in [5.74, 6) is -10.7. The average molecular weight is 1100 g/mol. The van der Waals surface area contributed by atoms with Crippen molar-refractivity contribution in [2.45, 2.75) is 218 Å². The topological polar surface area (TPSA) is 408 Å². The van der Waals surface area contributed by atoms with Gasteiger partial charge in [-0.25, -0.2) is 0 Å². The summed E-state index contributed by atoms with van der Waals surface area (Å²) in [6, 6.07) is -13.6. The molecule has 0 bridgehead atoms. The zero-order chi connectivity index (χ0) is 58.8. The van der Waals surface area contributed by atoms with Crippen molar-refractivity contribution < 1.29 is 73.2 Å². The van der Waals surface area contributed by atoms with Crippen LogP contribution in [-0.4, -0.2) is 165 Å². The molecule has 0 rings (SSSR count). The maximum atomic E-state index is 14.3. The smallest absolute Gasteiger partial charge is 0.305 e. The Morgan fingerprint density at radius 3 is 1.38 bits per heavy atom. The zero-order valence-electron chi connectivity index (χ0n) is 46.2. The quantitative estimate of drug-likeness (QED) is 0.0272. The van der Waals surface area contributed by atoms with Crippen LogP contribution in [0.1, 0.15) is 164 Å². The molecule has 0 aliphatic heterocycles. The van der Waals surface area contributed by atoms with Crippen LogP contribution in [0.2, 0.25) is 0 Å². The largest absolute Gasteiger partial charge is 0.481 e. The molecule has 25 heteroatoms. The van der Waals surface area contributed by atoms with Gasteiger partial charge < -0.3 is 74.0 Å². The molecule has 9 amide bonds. The monoisotopic (exact) mass is 1090 g/mol. The van der Waals surface area contributed by atoms with Crippen LogP contribution in [-0.2, 0) is 52.7 Å². The van der Waals surface area contributed by atoms with Crippen molar-refractivity contribution in [3.63, 3.8) is 0 Å². The number of carbonyl (C=O) groups is 11. The second-order valence-corrected chi connectivity index (χ2v) is 20.2. The molecule has 9 atom stereocenters. The number of primary amides is 1. The lowest BCUT2D eigenvalue weighted by atomic mass is 9.99. The van der Waals surface area contributed by atoms with Gasteiger partial charge in [-0.2, -0.15) is 0 Å². The molecular formula is C52H90N10O15. The highest BCUT2D eigenvalue weighted by molar-refractivity contribution is 5.99. The third-order valence-electron chi connectivity index (χ3n) is 12.4. The van der Waals surface area contributed by atoms with Gasteiger partial charge in [0.05, 0.1) is 25.5 Å². The number of unbranched alkanes of at least 4 members (excludes halogenated alkanes) is 10. The highest BCUT2D eigenvalue weighted by Crippen LogP contribution is 2.16. The highest BCUT2D eigenvalue weighted by atomic mass is 16.4. The Balaban J connectivity index is 6.65. The number of rotatable bonds is 42. The number of likely N-dealkylation sites (N-methyl/N-ethyl adjacent to an activating group) is 1. The molecule has 438 valence electrons. The molecule has 0 saturated heterocycles. The minimum Gasteiger partial charge on any atom is -0.481 e. The van der Waals surface area contributed by atoms with Crippen molar-refractivity contribution in [1.82, 2.24) is 42.1 Å². The van der Waals surface area contributed by atoms with Gasteiger partial charge in [0.2, 0.25) is 47.3 Å². The molecule has 0 aliphatic rings. The van der Waals surface area contributed by atoms with Gasteiger partial charge in [-0.05, 0) is 43.9 Å². The summed E-state index contributed by atoms with van der Waals surface area (Å²) < 4.78 is 0. The fourth-order valence-electron chi connectivity index (χ4n) is 8.09. The number of hydrogen-bond acceptors (Lipinski definition) is 14. The molecule has 0 spiro atoms. The number of nitrogens with zero attached hydrogens (tertiary/aromatic N) is 1. The number of carboxylic acid groups (broad SMARTS) is 2. The summed E-state index contributed by atoms with van der Waals surface area (Å²) in [5.41, 5.74) is 11.3. The third-order valence-corrected chi connectivity index (χ3v) is 12.4. The number of aliphatic hydroxyl groups excluding tert-OH is 2. The first kappa shape index (κ1) is 70.6. The second-order valence-electron chi connectivity index (χ2n) is 20.2. The fourth-order valence-corrected chi connectivity index (χ4v) is 8.09. The number of nitrogens with two attached hydrogens (primary N) is 2. The van der Waals surface area contributed by atoms with Gasteiger partial charge in [-0.15, -0.1) is 6.42 Å². The number of carboxylic acids is 2. The third kappa shape index (κ3) is 29.1. The lowest BCUT2D eigenvalue weighted by Gasteiger charge is -2.33. The number of nitrogens with one attached hydrogen (secondary N) is 7. The standard InChI is InChI=1S/C52H90N10O15/c1-9-12-14-16-18-20-22-33(53)45(70)61-40(30-64)50(75)58-37(26-31(4)5)47(72)57-36(24-25-63)52(77)62(8)41(27-32(6)7)51(76)60-39(29-43(67)68)49(74)56-35(23-21-19-17-15-13-10-2)46(71)59-38(28-42(65)66)48(73)55-34(11-3)44(54)69/h3,31-41,63-64H,9-10,12-30,53H2,1-2,4-8H3,(H2,54,69)(H,55,73)(H,56,74)(H,57,72)(H,58,75)(H,59,71)(H,60,76)(H,61,70)(H,65,66)(H,67,68)/t33-,34-,35-,36-,37-,38-,39-,40-,41-/m0/s1. The van der Waals surface area contributed by atoms with E-state index in [2.05, 4.69) is 44.1 Å². The lowest BCUT2D eigenvalue weighted by molar-refractivity contribution is -0.145. The Kier molecular flexibility index (Phi) is 35.8. The van der Waals surface area contributed by atoms with Gasteiger partial charge in [0, 0.05) is 13.7 Å². The van der Waals surface area contributed by atoms with Crippen molar-refractivity contribution in [2.75, 3.05) is 20.3 Å². The Morgan fingerprint density at radius 1 is 0.506 bits per heavy atom. The van der Waals surface area contributed by atoms with E-state index in [0.29, 0.717) is 25.7 Å². The second kappa shape index (κ2) is 39.0. The molecule has 77 heavy (non-hydrogen) atoms. The molecule has 0 aromatic heterocycles. The predicted octanol–water partition coefficient (Wildman–Crippen LogP) is -0.430. The molecule has 0 radical (unpaired) electrons. The van der Waals surface area contributed by atoms with E-state index in [1.54, 1.807) is 27.7 Å². The summed E-state index contributed by atoms with van der Waals surface area (Å²) in [4.78, 5) is 146. The molecule has 0 unspecified atom stereocenters. The number of amides is 9. The minimum atomic E-state index is -1.89. The molecule has 25 nitrogen and oxygen atoms in total. The van der Waals surface area contributed by atoms with Gasteiger partial charge in [-0.3, -0.25) is 52.7 Å². The van der Waals surface area contributed by atoms with Gasteiger partial charge in [0.15, 0.2) is 6.04 Å². The maximum Gasteiger partial charge on any atom is 0.305 e. The molecule has 0 aromatic rings. The van der Waals surface area contributed by atoms with E-state index < -0.39 is 146 Å². The Labute approximate surface area is 453 Å². The minimum absolute atomic E-state index is 0.0199. The number of carbonyl (C=O) groups excluding carboxylic acids is 9. The van der Waals surface area contributed by atoms with Crippen molar-refractivity contribution in [3.8, 4) is 12.3 Å². The summed E-state index contributed by atoms with van der Waals surface area (Å²) >= 11 is 0. The highest BCUT2D eigenvalue weighted by Gasteiger charge is 2.38. The predicted molar refractivity (Wildman–Crippen MR) is 284 cm³/mol. The van der Waals surface area contributed by atoms with Crippen molar-refractivity contribution in [2.24, 2.45) is 23.3 Å². The molecule has 15 N–H and O–H groups in total. The first-order valence-corrected chi connectivity index (χ1v) is 26.8. The summed E-state index contributed by atoms with van der Waals surface area (Å²) in [7, 11) is 1.22. The van der Waals surface area contributed by atoms with E-state index in [0.717, 1.165) is 62.7 Å². The van der Waals surface area contributed by atoms with Crippen molar-refractivity contribution in [1.29, 1.82) is 0 Å². The summed E-state index contributed by atoms with van der Waals surface area (Å²) in [6.45, 7) is 9.57. The number of hydrogen-bond donors (Lipinski definition) is 13. The van der Waals surface area contributed by atoms with Crippen LogP contribution >= 0.6 is 0 Å². The van der Waals surface area contributed by atoms with Crippen LogP contribution in [0, 0.1) is 24.2 Å². The van der Waals surface area contributed by atoms with E-state index in [9.17, 15) is 73.2 Å². The van der Waals surface area contributed by atoms with Gasteiger partial charge >= 0.3 is 11.9 Å². The normalized spacial score (nSPS) is 14.6.